The van der Waals surface area contributed by atoms with Gasteiger partial charge in [0.25, 0.3) is 0 Å². The van der Waals surface area contributed by atoms with Crippen LogP contribution in [0.4, 0.5) is 5.82 Å². The standard InChI is InChI=1S/C16H22N4/c1-12(2)19-6-8-20(9-7-19)16-14(11-17)10-13-4-3-5-15(13)18-16/h10,12H,3-9H2,1-2H3. The maximum atomic E-state index is 9.39. The minimum absolute atomic E-state index is 0.598. The largest absolute Gasteiger partial charge is 0.353 e. The van der Waals surface area contributed by atoms with Gasteiger partial charge < -0.3 is 4.90 Å². The number of fused-ring (bicyclic) bond motifs is 1. The fourth-order valence-corrected chi connectivity index (χ4v) is 3.23. The number of hydrogen-bond acceptors (Lipinski definition) is 4. The first-order valence-electron chi connectivity index (χ1n) is 7.61. The van der Waals surface area contributed by atoms with Gasteiger partial charge in [-0.1, -0.05) is 0 Å². The molecule has 0 radical (unpaired) electrons. The van der Waals surface area contributed by atoms with E-state index in [2.05, 4.69) is 35.8 Å². The minimum atomic E-state index is 0.598. The van der Waals surface area contributed by atoms with E-state index in [9.17, 15) is 5.26 Å². The summed E-state index contributed by atoms with van der Waals surface area (Å²) in [5, 5.41) is 9.39. The summed E-state index contributed by atoms with van der Waals surface area (Å²) in [6.45, 7) is 8.54. The third-order valence-electron chi connectivity index (χ3n) is 4.50. The van der Waals surface area contributed by atoms with Crippen LogP contribution in [0.1, 0.15) is 37.1 Å². The molecule has 1 saturated heterocycles. The van der Waals surface area contributed by atoms with E-state index in [0.29, 0.717) is 6.04 Å². The normalized spacial score (nSPS) is 19.2. The van der Waals surface area contributed by atoms with Gasteiger partial charge in [0, 0.05) is 37.9 Å². The molecule has 3 rings (SSSR count). The maximum absolute atomic E-state index is 9.39. The second-order valence-electron chi connectivity index (χ2n) is 6.05. The lowest BCUT2D eigenvalue weighted by Gasteiger charge is -2.37. The van der Waals surface area contributed by atoms with Gasteiger partial charge >= 0.3 is 0 Å². The van der Waals surface area contributed by atoms with E-state index in [1.165, 1.54) is 17.7 Å². The van der Waals surface area contributed by atoms with Gasteiger partial charge in [-0.25, -0.2) is 4.98 Å². The molecule has 1 aromatic rings. The van der Waals surface area contributed by atoms with Crippen molar-refractivity contribution < 1.29 is 0 Å². The van der Waals surface area contributed by atoms with Crippen molar-refractivity contribution >= 4 is 5.82 Å². The monoisotopic (exact) mass is 270 g/mol. The summed E-state index contributed by atoms with van der Waals surface area (Å²) in [7, 11) is 0. The first-order valence-corrected chi connectivity index (χ1v) is 7.61. The number of nitriles is 1. The highest BCUT2D eigenvalue weighted by Gasteiger charge is 2.24. The zero-order valence-electron chi connectivity index (χ0n) is 12.4. The fourth-order valence-electron chi connectivity index (χ4n) is 3.23. The van der Waals surface area contributed by atoms with Crippen LogP contribution >= 0.6 is 0 Å². The number of anilines is 1. The molecule has 0 spiro atoms. The molecule has 1 aromatic heterocycles. The Balaban J connectivity index is 1.83. The molecule has 0 atom stereocenters. The molecule has 1 aliphatic carbocycles. The SMILES string of the molecule is CC(C)N1CCN(c2nc3c(cc2C#N)CCC3)CC1. The molecule has 1 fully saturated rings. The van der Waals surface area contributed by atoms with E-state index >= 15 is 0 Å². The van der Waals surface area contributed by atoms with Crippen molar-refractivity contribution in [3.63, 3.8) is 0 Å². The van der Waals surface area contributed by atoms with E-state index in [1.807, 2.05) is 0 Å². The lowest BCUT2D eigenvalue weighted by atomic mass is 10.1. The van der Waals surface area contributed by atoms with Crippen LogP contribution in [0.2, 0.25) is 0 Å². The number of rotatable bonds is 2. The molecule has 2 heterocycles. The number of pyridine rings is 1. The average Bonchev–Trinajstić information content (AvgIpc) is 2.93. The summed E-state index contributed by atoms with van der Waals surface area (Å²) >= 11 is 0. The number of hydrogen-bond donors (Lipinski definition) is 0. The number of piperazine rings is 1. The Kier molecular flexibility index (Phi) is 3.62. The van der Waals surface area contributed by atoms with Crippen LogP contribution in [-0.4, -0.2) is 42.1 Å². The summed E-state index contributed by atoms with van der Waals surface area (Å²) in [6, 6.07) is 5.01. The number of nitrogens with zero attached hydrogens (tertiary/aromatic N) is 4. The van der Waals surface area contributed by atoms with E-state index in [1.54, 1.807) is 0 Å². The topological polar surface area (TPSA) is 43.2 Å². The van der Waals surface area contributed by atoms with E-state index in [-0.39, 0.29) is 0 Å². The molecule has 0 amide bonds. The second kappa shape index (κ2) is 5.41. The Hall–Kier alpha value is -1.60. The Morgan fingerprint density at radius 3 is 2.60 bits per heavy atom. The highest BCUT2D eigenvalue weighted by atomic mass is 15.3. The van der Waals surface area contributed by atoms with Gasteiger partial charge in [0.2, 0.25) is 0 Å². The smallest absolute Gasteiger partial charge is 0.146 e. The van der Waals surface area contributed by atoms with Crippen molar-refractivity contribution in [2.45, 2.75) is 39.2 Å². The molecular weight excluding hydrogens is 248 g/mol. The van der Waals surface area contributed by atoms with Gasteiger partial charge in [-0.05, 0) is 44.7 Å². The zero-order chi connectivity index (χ0) is 14.1. The quantitative estimate of drug-likeness (QED) is 0.824. The average molecular weight is 270 g/mol. The zero-order valence-corrected chi connectivity index (χ0v) is 12.4. The van der Waals surface area contributed by atoms with Gasteiger partial charge in [-0.15, -0.1) is 0 Å². The van der Waals surface area contributed by atoms with Crippen LogP contribution in [0, 0.1) is 11.3 Å². The third-order valence-corrected chi connectivity index (χ3v) is 4.50. The van der Waals surface area contributed by atoms with Crippen LogP contribution in [-0.2, 0) is 12.8 Å². The van der Waals surface area contributed by atoms with E-state index in [4.69, 9.17) is 4.98 Å². The molecule has 4 heteroatoms. The van der Waals surface area contributed by atoms with Crippen molar-refractivity contribution in [3.8, 4) is 6.07 Å². The van der Waals surface area contributed by atoms with Crippen molar-refractivity contribution in [1.29, 1.82) is 5.26 Å². The Labute approximate surface area is 121 Å². The molecular formula is C16H22N4. The number of aromatic nitrogens is 1. The Bertz CT molecular complexity index is 536. The lowest BCUT2D eigenvalue weighted by molar-refractivity contribution is 0.209. The summed E-state index contributed by atoms with van der Waals surface area (Å²) in [4.78, 5) is 9.57. The Morgan fingerprint density at radius 1 is 1.20 bits per heavy atom. The highest BCUT2D eigenvalue weighted by molar-refractivity contribution is 5.57. The minimum Gasteiger partial charge on any atom is -0.353 e. The summed E-state index contributed by atoms with van der Waals surface area (Å²) in [5.74, 6) is 0.913. The van der Waals surface area contributed by atoms with Crippen molar-refractivity contribution in [3.05, 3.63) is 22.9 Å². The predicted molar refractivity (Wildman–Crippen MR) is 79.9 cm³/mol. The third kappa shape index (κ3) is 2.38. The van der Waals surface area contributed by atoms with Crippen LogP contribution in [0.3, 0.4) is 0 Å². The molecule has 0 aromatic carbocycles. The second-order valence-corrected chi connectivity index (χ2v) is 6.05. The van der Waals surface area contributed by atoms with Crippen LogP contribution in [0.25, 0.3) is 0 Å². The number of aryl methyl sites for hydroxylation is 2. The van der Waals surface area contributed by atoms with Gasteiger partial charge in [0.15, 0.2) is 0 Å². The highest BCUT2D eigenvalue weighted by Crippen LogP contribution is 2.27. The molecule has 4 nitrogen and oxygen atoms in total. The van der Waals surface area contributed by atoms with Crippen LogP contribution < -0.4 is 4.90 Å². The van der Waals surface area contributed by atoms with Gasteiger partial charge in [-0.2, -0.15) is 5.26 Å². The maximum Gasteiger partial charge on any atom is 0.146 e. The van der Waals surface area contributed by atoms with Crippen LogP contribution in [0.15, 0.2) is 6.07 Å². The van der Waals surface area contributed by atoms with Gasteiger partial charge in [-0.3, -0.25) is 4.90 Å². The van der Waals surface area contributed by atoms with Crippen LogP contribution in [0.5, 0.6) is 0 Å². The summed E-state index contributed by atoms with van der Waals surface area (Å²) in [6.07, 6.45) is 3.33. The molecule has 1 aliphatic heterocycles. The predicted octanol–water partition coefficient (Wildman–Crippen LogP) is 1.97. The Morgan fingerprint density at radius 2 is 1.95 bits per heavy atom. The van der Waals surface area contributed by atoms with Crippen molar-refractivity contribution in [2.24, 2.45) is 0 Å². The molecule has 106 valence electrons. The summed E-state index contributed by atoms with van der Waals surface area (Å²) in [5.41, 5.74) is 3.25. The summed E-state index contributed by atoms with van der Waals surface area (Å²) < 4.78 is 0. The molecule has 0 unspecified atom stereocenters. The lowest BCUT2D eigenvalue weighted by Crippen LogP contribution is -2.49. The molecule has 0 N–H and O–H groups in total. The van der Waals surface area contributed by atoms with Gasteiger partial charge in [0.1, 0.15) is 11.9 Å². The van der Waals surface area contributed by atoms with E-state index in [0.717, 1.165) is 50.4 Å². The van der Waals surface area contributed by atoms with Gasteiger partial charge in [0.05, 0.1) is 5.56 Å². The first kappa shape index (κ1) is 13.4. The molecule has 0 saturated carbocycles. The molecule has 20 heavy (non-hydrogen) atoms. The first-order chi connectivity index (χ1) is 9.69. The van der Waals surface area contributed by atoms with E-state index < -0.39 is 0 Å². The molecule has 0 bridgehead atoms. The molecule has 2 aliphatic rings. The fraction of sp³-hybridized carbons (Fsp3) is 0.625. The van der Waals surface area contributed by atoms with Crippen molar-refractivity contribution in [1.82, 2.24) is 9.88 Å². The van der Waals surface area contributed by atoms with Crippen molar-refractivity contribution in [2.75, 3.05) is 31.1 Å².